The number of aryl methyl sites for hydroxylation is 1. The molecule has 8 nitrogen and oxygen atoms in total. The largest absolute Gasteiger partial charge is 0.493 e. The first-order chi connectivity index (χ1) is 12.5. The van der Waals surface area contributed by atoms with E-state index in [-0.39, 0.29) is 10.8 Å². The number of benzene rings is 1. The van der Waals surface area contributed by atoms with Crippen molar-refractivity contribution in [1.29, 1.82) is 0 Å². The number of rotatable bonds is 6. The van der Waals surface area contributed by atoms with Crippen molar-refractivity contribution in [1.82, 2.24) is 19.3 Å². The Bertz CT molecular complexity index is 857. The number of piperazine rings is 1. The first-order valence-electron chi connectivity index (χ1n) is 8.74. The van der Waals surface area contributed by atoms with Gasteiger partial charge < -0.3 is 14.2 Å². The van der Waals surface area contributed by atoms with Crippen LogP contribution in [0.3, 0.4) is 0 Å². The highest BCUT2D eigenvalue weighted by atomic mass is 32.2. The van der Waals surface area contributed by atoms with Gasteiger partial charge >= 0.3 is 0 Å². The molecule has 0 unspecified atom stereocenters. The van der Waals surface area contributed by atoms with E-state index in [1.54, 1.807) is 18.2 Å². The topological polar surface area (TPSA) is 88.8 Å². The second kappa shape index (κ2) is 7.73. The van der Waals surface area contributed by atoms with Crippen molar-refractivity contribution in [2.75, 3.05) is 39.8 Å². The molecule has 9 heteroatoms. The van der Waals surface area contributed by atoms with Crippen molar-refractivity contribution in [2.45, 2.75) is 25.2 Å². The number of sulfonamides is 1. The normalized spacial score (nSPS) is 16.7. The molecule has 1 aromatic carbocycles. The average molecular weight is 380 g/mol. The van der Waals surface area contributed by atoms with E-state index < -0.39 is 10.0 Å². The van der Waals surface area contributed by atoms with Crippen LogP contribution in [0.1, 0.15) is 19.7 Å². The molecule has 0 N–H and O–H groups in total. The maximum atomic E-state index is 13.0. The Morgan fingerprint density at radius 2 is 1.92 bits per heavy atom. The van der Waals surface area contributed by atoms with E-state index in [9.17, 15) is 8.42 Å². The zero-order valence-electron chi connectivity index (χ0n) is 15.3. The molecule has 0 bridgehead atoms. The van der Waals surface area contributed by atoms with Crippen molar-refractivity contribution < 1.29 is 17.7 Å². The van der Waals surface area contributed by atoms with Gasteiger partial charge in [0.05, 0.1) is 17.1 Å². The fourth-order valence-corrected chi connectivity index (χ4v) is 4.25. The van der Waals surface area contributed by atoms with Crippen molar-refractivity contribution in [3.05, 3.63) is 24.0 Å². The Balaban J connectivity index is 1.99. The Morgan fingerprint density at radius 3 is 2.54 bits per heavy atom. The third-order valence-electron chi connectivity index (χ3n) is 4.37. The van der Waals surface area contributed by atoms with E-state index >= 15 is 0 Å². The molecule has 1 aliphatic heterocycles. The van der Waals surface area contributed by atoms with Gasteiger partial charge in [-0.05, 0) is 32.2 Å². The van der Waals surface area contributed by atoms with E-state index in [0.717, 1.165) is 0 Å². The summed E-state index contributed by atoms with van der Waals surface area (Å²) in [6, 6.07) is 4.78. The number of hydrogen-bond acceptors (Lipinski definition) is 7. The van der Waals surface area contributed by atoms with E-state index in [1.165, 1.54) is 4.31 Å². The molecule has 1 aliphatic rings. The van der Waals surface area contributed by atoms with E-state index in [4.69, 9.17) is 9.26 Å². The molecule has 26 heavy (non-hydrogen) atoms. The van der Waals surface area contributed by atoms with Crippen LogP contribution >= 0.6 is 0 Å². The van der Waals surface area contributed by atoms with Gasteiger partial charge in [0.2, 0.25) is 10.0 Å². The second-order valence-corrected chi connectivity index (χ2v) is 8.11. The van der Waals surface area contributed by atoms with Gasteiger partial charge in [0, 0.05) is 32.6 Å². The summed E-state index contributed by atoms with van der Waals surface area (Å²) in [5, 5.41) is 3.90. The highest BCUT2D eigenvalue weighted by Crippen LogP contribution is 2.32. The summed E-state index contributed by atoms with van der Waals surface area (Å²) in [4.78, 5) is 6.63. The Kier molecular flexibility index (Phi) is 5.59. The van der Waals surface area contributed by atoms with Crippen molar-refractivity contribution in [3.8, 4) is 17.2 Å². The van der Waals surface area contributed by atoms with Gasteiger partial charge in [0.15, 0.2) is 5.82 Å². The molecule has 1 aromatic heterocycles. The molecule has 0 amide bonds. The summed E-state index contributed by atoms with van der Waals surface area (Å²) in [7, 11) is -1.60. The van der Waals surface area contributed by atoms with Crippen molar-refractivity contribution >= 4 is 10.0 Å². The number of nitrogens with zero attached hydrogens (tertiary/aromatic N) is 4. The highest BCUT2D eigenvalue weighted by Gasteiger charge is 2.29. The minimum atomic E-state index is -3.59. The van der Waals surface area contributed by atoms with Crippen LogP contribution < -0.4 is 4.74 Å². The molecule has 0 spiro atoms. The average Bonchev–Trinajstić information content (AvgIpc) is 3.11. The molecule has 3 rings (SSSR count). The SMILES string of the molecule is CCOc1ccc(S(=O)(=O)N2CCN(C)CC2)cc1-c1nc(CC)no1. The highest BCUT2D eigenvalue weighted by molar-refractivity contribution is 7.89. The van der Waals surface area contributed by atoms with Crippen LogP contribution in [0.2, 0.25) is 0 Å². The molecular formula is C17H24N4O4S. The first kappa shape index (κ1) is 18.8. The number of hydrogen-bond donors (Lipinski definition) is 0. The van der Waals surface area contributed by atoms with Crippen LogP contribution in [0.4, 0.5) is 0 Å². The molecule has 1 fully saturated rings. The smallest absolute Gasteiger partial charge is 0.261 e. The maximum Gasteiger partial charge on any atom is 0.261 e. The lowest BCUT2D eigenvalue weighted by Crippen LogP contribution is -2.47. The molecule has 0 radical (unpaired) electrons. The van der Waals surface area contributed by atoms with Gasteiger partial charge in [0.25, 0.3) is 5.89 Å². The predicted octanol–water partition coefficient (Wildman–Crippen LogP) is 1.63. The van der Waals surface area contributed by atoms with Crippen molar-refractivity contribution in [3.63, 3.8) is 0 Å². The van der Waals surface area contributed by atoms with Gasteiger partial charge in [-0.25, -0.2) is 8.42 Å². The molecule has 0 atom stereocenters. The number of ether oxygens (including phenoxy) is 1. The van der Waals surface area contributed by atoms with Gasteiger partial charge in [0.1, 0.15) is 5.75 Å². The molecule has 2 aromatic rings. The van der Waals surface area contributed by atoms with E-state index in [1.807, 2.05) is 20.9 Å². The Labute approximate surface area is 153 Å². The summed E-state index contributed by atoms with van der Waals surface area (Å²) in [6.45, 7) is 6.62. The molecule has 0 saturated carbocycles. The van der Waals surface area contributed by atoms with Crippen molar-refractivity contribution in [2.24, 2.45) is 0 Å². The van der Waals surface area contributed by atoms with E-state index in [0.29, 0.717) is 56.3 Å². The molecule has 1 saturated heterocycles. The van der Waals surface area contributed by atoms with Crippen LogP contribution in [0, 0.1) is 0 Å². The third kappa shape index (κ3) is 3.74. The van der Waals surface area contributed by atoms with Crippen LogP contribution in [0.25, 0.3) is 11.5 Å². The van der Waals surface area contributed by atoms with Gasteiger partial charge in [-0.3, -0.25) is 0 Å². The van der Waals surface area contributed by atoms with Gasteiger partial charge in [-0.1, -0.05) is 12.1 Å². The van der Waals surface area contributed by atoms with Crippen LogP contribution in [0.15, 0.2) is 27.6 Å². The Hall–Kier alpha value is -1.97. The number of likely N-dealkylation sites (N-methyl/N-ethyl adjacent to an activating group) is 1. The third-order valence-corrected chi connectivity index (χ3v) is 6.26. The number of aromatic nitrogens is 2. The predicted molar refractivity (Wildman–Crippen MR) is 96.5 cm³/mol. The summed E-state index contributed by atoms with van der Waals surface area (Å²) >= 11 is 0. The summed E-state index contributed by atoms with van der Waals surface area (Å²) in [5.74, 6) is 1.35. The van der Waals surface area contributed by atoms with Gasteiger partial charge in [-0.2, -0.15) is 9.29 Å². The van der Waals surface area contributed by atoms with Crippen LogP contribution in [0.5, 0.6) is 5.75 Å². The standard InChI is InChI=1S/C17H24N4O4S/c1-4-16-18-17(25-19-16)14-12-13(6-7-15(14)24-5-2)26(22,23)21-10-8-20(3)9-11-21/h6-7,12H,4-5,8-11H2,1-3H3. The monoisotopic (exact) mass is 380 g/mol. The zero-order chi connectivity index (χ0) is 18.7. The fraction of sp³-hybridized carbons (Fsp3) is 0.529. The molecule has 142 valence electrons. The van der Waals surface area contributed by atoms with Crippen LogP contribution in [-0.2, 0) is 16.4 Å². The Morgan fingerprint density at radius 1 is 1.19 bits per heavy atom. The lowest BCUT2D eigenvalue weighted by atomic mass is 10.2. The van der Waals surface area contributed by atoms with Crippen LogP contribution in [-0.4, -0.2) is 67.6 Å². The minimum absolute atomic E-state index is 0.205. The summed E-state index contributed by atoms with van der Waals surface area (Å²) < 4.78 is 38.4. The lowest BCUT2D eigenvalue weighted by Gasteiger charge is -2.31. The van der Waals surface area contributed by atoms with E-state index in [2.05, 4.69) is 15.0 Å². The second-order valence-electron chi connectivity index (χ2n) is 6.17. The zero-order valence-corrected chi connectivity index (χ0v) is 16.1. The van der Waals surface area contributed by atoms with Gasteiger partial charge in [-0.15, -0.1) is 0 Å². The summed E-state index contributed by atoms with van der Waals surface area (Å²) in [5.41, 5.74) is 0.495. The molecule has 0 aliphatic carbocycles. The summed E-state index contributed by atoms with van der Waals surface area (Å²) in [6.07, 6.45) is 0.632. The molecular weight excluding hydrogens is 356 g/mol. The minimum Gasteiger partial charge on any atom is -0.493 e. The maximum absolute atomic E-state index is 13.0. The first-order valence-corrected chi connectivity index (χ1v) is 10.2. The fourth-order valence-electron chi connectivity index (χ4n) is 2.80. The lowest BCUT2D eigenvalue weighted by molar-refractivity contribution is 0.222. The molecule has 2 heterocycles. The quantitative estimate of drug-likeness (QED) is 0.752.